The molecule has 30 heavy (non-hydrogen) atoms. The van der Waals surface area contributed by atoms with Crippen LogP contribution in [0.15, 0.2) is 41.2 Å². The van der Waals surface area contributed by atoms with Gasteiger partial charge in [0.05, 0.1) is 7.11 Å². The minimum atomic E-state index is -4.73. The number of hydrogen-bond donors (Lipinski definition) is 1. The van der Waals surface area contributed by atoms with Crippen LogP contribution >= 0.6 is 0 Å². The topological polar surface area (TPSA) is 99.4 Å². The Morgan fingerprint density at radius 2 is 2.03 bits per heavy atom. The summed E-state index contributed by atoms with van der Waals surface area (Å²) >= 11 is 0. The van der Waals surface area contributed by atoms with Crippen LogP contribution in [0.3, 0.4) is 0 Å². The molecule has 2 heterocycles. The number of aromatic nitrogens is 3. The van der Waals surface area contributed by atoms with Gasteiger partial charge in [-0.15, -0.1) is 0 Å². The average Bonchev–Trinajstić information content (AvgIpc) is 3.22. The highest BCUT2D eigenvalue weighted by Gasteiger charge is 2.38. The van der Waals surface area contributed by atoms with Crippen LogP contribution in [0.1, 0.15) is 22.6 Å². The molecule has 0 bridgehead atoms. The third-order valence-electron chi connectivity index (χ3n) is 4.14. The van der Waals surface area contributed by atoms with E-state index in [1.165, 1.54) is 19.2 Å². The fourth-order valence-corrected chi connectivity index (χ4v) is 2.50. The number of aryl methyl sites for hydroxylation is 1. The molecule has 0 atom stereocenters. The highest BCUT2D eigenvalue weighted by molar-refractivity contribution is 5.67. The van der Waals surface area contributed by atoms with Crippen LogP contribution in [0.5, 0.6) is 5.75 Å². The number of hydrogen-bond acceptors (Lipinski definition) is 7. The first-order chi connectivity index (χ1) is 14.3. The number of amides is 1. The monoisotopic (exact) mass is 422 g/mol. The number of nitrogens with zero attached hydrogens (tertiary/aromatic N) is 3. The fourth-order valence-electron chi connectivity index (χ4n) is 2.50. The second kappa shape index (κ2) is 8.80. The SMILES string of the molecule is COc1cc(-c2noc(C(F)(F)F)n2)ccc1CNC(=O)OCc1cnccc1C. The standard InChI is InChI=1S/C19H17F3N4O4/c1-11-5-6-23-8-14(11)10-29-18(27)24-9-13-4-3-12(7-15(13)28-2)16-25-17(30-26-16)19(20,21)22/h3-8H,9-10H2,1-2H3,(H,24,27). The first-order valence-corrected chi connectivity index (χ1v) is 8.66. The summed E-state index contributed by atoms with van der Waals surface area (Å²) in [7, 11) is 1.39. The van der Waals surface area contributed by atoms with Gasteiger partial charge in [0.25, 0.3) is 0 Å². The number of ether oxygens (including phenoxy) is 2. The van der Waals surface area contributed by atoms with E-state index in [9.17, 15) is 18.0 Å². The van der Waals surface area contributed by atoms with E-state index in [2.05, 4.69) is 25.0 Å². The van der Waals surface area contributed by atoms with Gasteiger partial charge in [-0.25, -0.2) is 4.79 Å². The molecule has 3 aromatic rings. The maximum atomic E-state index is 12.6. The fraction of sp³-hybridized carbons (Fsp3) is 0.263. The Morgan fingerprint density at radius 3 is 2.70 bits per heavy atom. The Bertz CT molecular complexity index is 1040. The van der Waals surface area contributed by atoms with Gasteiger partial charge in [-0.2, -0.15) is 18.2 Å². The van der Waals surface area contributed by atoms with Gasteiger partial charge >= 0.3 is 18.2 Å². The smallest absolute Gasteiger partial charge is 0.471 e. The van der Waals surface area contributed by atoms with Crippen molar-refractivity contribution in [2.75, 3.05) is 7.11 Å². The first-order valence-electron chi connectivity index (χ1n) is 8.66. The lowest BCUT2D eigenvalue weighted by Crippen LogP contribution is -2.24. The van der Waals surface area contributed by atoms with Gasteiger partial charge in [-0.1, -0.05) is 17.3 Å². The molecule has 3 rings (SSSR count). The zero-order valence-electron chi connectivity index (χ0n) is 16.0. The Hall–Kier alpha value is -3.63. The summed E-state index contributed by atoms with van der Waals surface area (Å²) < 4.78 is 52.5. The Balaban J connectivity index is 1.63. The molecule has 158 valence electrons. The molecule has 1 aromatic carbocycles. The van der Waals surface area contributed by atoms with E-state index >= 15 is 0 Å². The Kier molecular flexibility index (Phi) is 6.19. The first kappa shape index (κ1) is 21.1. The summed E-state index contributed by atoms with van der Waals surface area (Å²) in [5.74, 6) is -1.34. The number of alkyl carbamates (subject to hydrolysis) is 1. The average molecular weight is 422 g/mol. The molecule has 0 saturated heterocycles. The molecular weight excluding hydrogens is 405 g/mol. The quantitative estimate of drug-likeness (QED) is 0.643. The maximum Gasteiger partial charge on any atom is 0.471 e. The molecule has 0 unspecified atom stereocenters. The van der Waals surface area contributed by atoms with Crippen molar-refractivity contribution in [3.8, 4) is 17.1 Å². The third kappa shape index (κ3) is 5.04. The second-order valence-corrected chi connectivity index (χ2v) is 6.18. The zero-order valence-corrected chi connectivity index (χ0v) is 16.0. The summed E-state index contributed by atoms with van der Waals surface area (Å²) in [6, 6.07) is 6.33. The van der Waals surface area contributed by atoms with E-state index in [1.807, 2.05) is 13.0 Å². The molecule has 0 radical (unpaired) electrons. The van der Waals surface area contributed by atoms with Gasteiger partial charge < -0.3 is 19.3 Å². The lowest BCUT2D eigenvalue weighted by atomic mass is 10.1. The van der Waals surface area contributed by atoms with Crippen LogP contribution in [0.4, 0.5) is 18.0 Å². The van der Waals surface area contributed by atoms with Crippen molar-refractivity contribution in [2.24, 2.45) is 0 Å². The minimum Gasteiger partial charge on any atom is -0.496 e. The molecule has 0 aliphatic rings. The lowest BCUT2D eigenvalue weighted by molar-refractivity contribution is -0.159. The zero-order chi connectivity index (χ0) is 21.7. The molecular formula is C19H17F3N4O4. The number of rotatable bonds is 6. The third-order valence-corrected chi connectivity index (χ3v) is 4.14. The van der Waals surface area contributed by atoms with Crippen molar-refractivity contribution in [1.29, 1.82) is 0 Å². The summed E-state index contributed by atoms with van der Waals surface area (Å²) in [5.41, 5.74) is 2.58. The second-order valence-electron chi connectivity index (χ2n) is 6.18. The van der Waals surface area contributed by atoms with Gasteiger partial charge in [0.15, 0.2) is 0 Å². The number of alkyl halides is 3. The summed E-state index contributed by atoms with van der Waals surface area (Å²) in [6.07, 6.45) is -2.11. The number of carbonyl (C=O) groups is 1. The van der Waals surface area contributed by atoms with E-state index in [1.54, 1.807) is 18.5 Å². The van der Waals surface area contributed by atoms with Crippen LogP contribution in [0.2, 0.25) is 0 Å². The maximum absolute atomic E-state index is 12.6. The van der Waals surface area contributed by atoms with E-state index in [0.29, 0.717) is 11.3 Å². The van der Waals surface area contributed by atoms with Gasteiger partial charge in [0, 0.05) is 35.6 Å². The van der Waals surface area contributed by atoms with Gasteiger partial charge in [-0.05, 0) is 24.6 Å². The number of methoxy groups -OCH3 is 1. The summed E-state index contributed by atoms with van der Waals surface area (Å²) in [5, 5.41) is 5.92. The van der Waals surface area contributed by atoms with Crippen molar-refractivity contribution in [3.63, 3.8) is 0 Å². The van der Waals surface area contributed by atoms with Crippen LogP contribution in [0, 0.1) is 6.92 Å². The molecule has 0 aliphatic carbocycles. The Labute approximate surface area is 169 Å². The van der Waals surface area contributed by atoms with Crippen molar-refractivity contribution in [3.05, 3.63) is 59.2 Å². The van der Waals surface area contributed by atoms with E-state index in [-0.39, 0.29) is 24.5 Å². The lowest BCUT2D eigenvalue weighted by Gasteiger charge is -2.11. The van der Waals surface area contributed by atoms with E-state index < -0.39 is 18.2 Å². The number of benzene rings is 1. The largest absolute Gasteiger partial charge is 0.496 e. The highest BCUT2D eigenvalue weighted by atomic mass is 19.4. The number of carbonyl (C=O) groups excluding carboxylic acids is 1. The van der Waals surface area contributed by atoms with Gasteiger partial charge in [0.1, 0.15) is 12.4 Å². The summed E-state index contributed by atoms with van der Waals surface area (Å²) in [6.45, 7) is 2.03. The predicted octanol–water partition coefficient (Wildman–Crippen LogP) is 3.89. The normalized spacial score (nSPS) is 11.2. The molecule has 0 spiro atoms. The molecule has 8 nitrogen and oxygen atoms in total. The van der Waals surface area contributed by atoms with Crippen molar-refractivity contribution >= 4 is 6.09 Å². The van der Waals surface area contributed by atoms with Crippen LogP contribution in [0.25, 0.3) is 11.4 Å². The molecule has 0 saturated carbocycles. The highest BCUT2D eigenvalue weighted by Crippen LogP contribution is 2.31. The van der Waals surface area contributed by atoms with Gasteiger partial charge in [-0.3, -0.25) is 4.98 Å². The van der Waals surface area contributed by atoms with Crippen LogP contribution < -0.4 is 10.1 Å². The molecule has 1 N–H and O–H groups in total. The van der Waals surface area contributed by atoms with Crippen LogP contribution in [-0.2, 0) is 24.1 Å². The Morgan fingerprint density at radius 1 is 1.23 bits per heavy atom. The minimum absolute atomic E-state index is 0.0704. The van der Waals surface area contributed by atoms with Crippen molar-refractivity contribution in [2.45, 2.75) is 26.3 Å². The molecule has 11 heteroatoms. The predicted molar refractivity (Wildman–Crippen MR) is 97.3 cm³/mol. The number of halogens is 3. The molecule has 0 aliphatic heterocycles. The molecule has 0 fully saturated rings. The number of nitrogens with one attached hydrogen (secondary N) is 1. The molecule has 2 aromatic heterocycles. The van der Waals surface area contributed by atoms with E-state index in [0.717, 1.165) is 11.1 Å². The van der Waals surface area contributed by atoms with Crippen molar-refractivity contribution < 1.29 is 32.0 Å². The van der Waals surface area contributed by atoms with E-state index in [4.69, 9.17) is 9.47 Å². The van der Waals surface area contributed by atoms with Crippen molar-refractivity contribution in [1.82, 2.24) is 20.4 Å². The summed E-state index contributed by atoms with van der Waals surface area (Å²) in [4.78, 5) is 19.3. The molecule has 1 amide bonds. The van der Waals surface area contributed by atoms with Gasteiger partial charge in [0.2, 0.25) is 5.82 Å². The number of pyridine rings is 1. The van der Waals surface area contributed by atoms with Crippen LogP contribution in [-0.4, -0.2) is 28.3 Å².